The lowest BCUT2D eigenvalue weighted by molar-refractivity contribution is 0.983. The minimum absolute atomic E-state index is 0.668. The second-order valence-electron chi connectivity index (χ2n) is 2.48. The van der Waals surface area contributed by atoms with E-state index in [2.05, 4.69) is 39.7 Å². The summed E-state index contributed by atoms with van der Waals surface area (Å²) in [7, 11) is 0. The van der Waals surface area contributed by atoms with E-state index in [1.54, 1.807) is 0 Å². The van der Waals surface area contributed by atoms with Crippen LogP contribution >= 0.6 is 33.9 Å². The van der Waals surface area contributed by atoms with Crippen molar-refractivity contribution < 1.29 is 0 Å². The summed E-state index contributed by atoms with van der Waals surface area (Å²) in [5.41, 5.74) is 5.41. The van der Waals surface area contributed by atoms with Crippen LogP contribution in [0.25, 0.3) is 0 Å². The predicted molar refractivity (Wildman–Crippen MR) is 62.9 cm³/mol. The Morgan fingerprint density at radius 3 is 2.92 bits per heavy atom. The van der Waals surface area contributed by atoms with Crippen LogP contribution in [0, 0.1) is 2.88 Å². The van der Waals surface area contributed by atoms with Crippen LogP contribution in [-0.2, 0) is 6.42 Å². The van der Waals surface area contributed by atoms with Gasteiger partial charge >= 0.3 is 0 Å². The van der Waals surface area contributed by atoms with E-state index < -0.39 is 0 Å². The van der Waals surface area contributed by atoms with Gasteiger partial charge in [0.25, 0.3) is 0 Å². The average Bonchev–Trinajstić information content (AvgIpc) is 2.35. The molecule has 0 atom stereocenters. The van der Waals surface area contributed by atoms with Crippen molar-refractivity contribution in [2.24, 2.45) is 10.7 Å². The van der Waals surface area contributed by atoms with Gasteiger partial charge in [0, 0.05) is 17.8 Å². The molecule has 1 aromatic heterocycles. The third kappa shape index (κ3) is 3.53. The van der Waals surface area contributed by atoms with Crippen molar-refractivity contribution in [3.8, 4) is 0 Å². The smallest absolute Gasteiger partial charge is 0.0905 e. The van der Waals surface area contributed by atoms with E-state index in [4.69, 9.17) is 5.73 Å². The molecule has 0 aliphatic heterocycles. The highest BCUT2D eigenvalue weighted by Gasteiger charge is 1.95. The first kappa shape index (κ1) is 9.98. The van der Waals surface area contributed by atoms with Crippen LogP contribution < -0.4 is 5.73 Å². The Kier molecular flexibility index (Phi) is 4.00. The first-order chi connectivity index (χ1) is 5.68. The Labute approximate surface area is 90.0 Å². The quantitative estimate of drug-likeness (QED) is 0.518. The van der Waals surface area contributed by atoms with Crippen molar-refractivity contribution in [3.63, 3.8) is 0 Å². The SMILES string of the molecule is CC(N)=NCCc1ccc(I)s1. The highest BCUT2D eigenvalue weighted by molar-refractivity contribution is 14.1. The van der Waals surface area contributed by atoms with Gasteiger partial charge in [0.05, 0.1) is 8.72 Å². The van der Waals surface area contributed by atoms with Crippen LogP contribution in [0.15, 0.2) is 17.1 Å². The van der Waals surface area contributed by atoms with E-state index in [0.29, 0.717) is 5.84 Å². The maximum absolute atomic E-state index is 5.41. The third-order valence-electron chi connectivity index (χ3n) is 1.35. The maximum Gasteiger partial charge on any atom is 0.0905 e. The zero-order chi connectivity index (χ0) is 8.97. The van der Waals surface area contributed by atoms with Gasteiger partial charge < -0.3 is 5.73 Å². The highest BCUT2D eigenvalue weighted by atomic mass is 127. The van der Waals surface area contributed by atoms with Crippen molar-refractivity contribution in [2.75, 3.05) is 6.54 Å². The van der Waals surface area contributed by atoms with E-state index >= 15 is 0 Å². The molecule has 0 saturated heterocycles. The molecular formula is C8H11IN2S. The van der Waals surface area contributed by atoms with Gasteiger partial charge in [0.1, 0.15) is 0 Å². The minimum atomic E-state index is 0.668. The topological polar surface area (TPSA) is 38.4 Å². The van der Waals surface area contributed by atoms with Crippen molar-refractivity contribution in [1.29, 1.82) is 0 Å². The van der Waals surface area contributed by atoms with E-state index in [-0.39, 0.29) is 0 Å². The van der Waals surface area contributed by atoms with Gasteiger partial charge in [-0.3, -0.25) is 4.99 Å². The first-order valence-electron chi connectivity index (χ1n) is 3.69. The lowest BCUT2D eigenvalue weighted by atomic mass is 10.3. The molecule has 1 rings (SSSR count). The summed E-state index contributed by atoms with van der Waals surface area (Å²) in [4.78, 5) is 5.51. The molecular weight excluding hydrogens is 283 g/mol. The van der Waals surface area contributed by atoms with Crippen LogP contribution in [-0.4, -0.2) is 12.4 Å². The fourth-order valence-electron chi connectivity index (χ4n) is 0.829. The van der Waals surface area contributed by atoms with Crippen molar-refractivity contribution in [2.45, 2.75) is 13.3 Å². The standard InChI is InChI=1S/C8H11IN2S/c1-6(10)11-5-4-7-2-3-8(9)12-7/h2-3H,4-5H2,1H3,(H2,10,11). The maximum atomic E-state index is 5.41. The van der Waals surface area contributed by atoms with E-state index in [9.17, 15) is 0 Å². The number of halogens is 1. The molecule has 1 heterocycles. The summed E-state index contributed by atoms with van der Waals surface area (Å²) in [6.07, 6.45) is 1.00. The number of nitrogens with zero attached hydrogens (tertiary/aromatic N) is 1. The minimum Gasteiger partial charge on any atom is -0.388 e. The number of aliphatic imine (C=N–C) groups is 1. The van der Waals surface area contributed by atoms with Crippen LogP contribution in [0.5, 0.6) is 0 Å². The van der Waals surface area contributed by atoms with Gasteiger partial charge in [-0.05, 0) is 41.6 Å². The van der Waals surface area contributed by atoms with Gasteiger partial charge in [-0.25, -0.2) is 0 Å². The number of hydrogen-bond acceptors (Lipinski definition) is 2. The van der Waals surface area contributed by atoms with Gasteiger partial charge in [0.15, 0.2) is 0 Å². The van der Waals surface area contributed by atoms with Gasteiger partial charge in [-0.15, -0.1) is 11.3 Å². The predicted octanol–water partition coefficient (Wildman–Crippen LogP) is 2.27. The zero-order valence-corrected chi connectivity index (χ0v) is 9.85. The Hall–Kier alpha value is -0.100. The van der Waals surface area contributed by atoms with Gasteiger partial charge in [0.2, 0.25) is 0 Å². The van der Waals surface area contributed by atoms with E-state index in [0.717, 1.165) is 13.0 Å². The van der Waals surface area contributed by atoms with E-state index in [1.165, 1.54) is 7.76 Å². The Bertz CT molecular complexity index is 276. The molecule has 0 unspecified atom stereocenters. The number of thiophene rings is 1. The molecule has 0 amide bonds. The lowest BCUT2D eigenvalue weighted by Gasteiger charge is -1.92. The monoisotopic (exact) mass is 294 g/mol. The molecule has 66 valence electrons. The molecule has 0 spiro atoms. The number of nitrogens with two attached hydrogens (primary N) is 1. The Morgan fingerprint density at radius 2 is 2.42 bits per heavy atom. The number of amidine groups is 1. The number of hydrogen-bond donors (Lipinski definition) is 1. The second kappa shape index (κ2) is 4.81. The third-order valence-corrected chi connectivity index (χ3v) is 3.30. The average molecular weight is 294 g/mol. The summed E-state index contributed by atoms with van der Waals surface area (Å²) < 4.78 is 1.33. The summed E-state index contributed by atoms with van der Waals surface area (Å²) in [6, 6.07) is 4.27. The molecule has 0 saturated carbocycles. The largest absolute Gasteiger partial charge is 0.388 e. The summed E-state index contributed by atoms with van der Waals surface area (Å²) in [5.74, 6) is 0.668. The van der Waals surface area contributed by atoms with Crippen LogP contribution in [0.1, 0.15) is 11.8 Å². The highest BCUT2D eigenvalue weighted by Crippen LogP contribution is 2.18. The first-order valence-corrected chi connectivity index (χ1v) is 5.59. The van der Waals surface area contributed by atoms with E-state index in [1.807, 2.05) is 18.3 Å². The Balaban J connectivity index is 2.38. The molecule has 0 bridgehead atoms. The molecule has 12 heavy (non-hydrogen) atoms. The molecule has 0 aromatic carbocycles. The van der Waals surface area contributed by atoms with Crippen molar-refractivity contribution in [3.05, 3.63) is 19.9 Å². The number of rotatable bonds is 3. The molecule has 0 radical (unpaired) electrons. The van der Waals surface area contributed by atoms with Crippen LogP contribution in [0.3, 0.4) is 0 Å². The fraction of sp³-hybridized carbons (Fsp3) is 0.375. The summed E-state index contributed by atoms with van der Waals surface area (Å²) >= 11 is 4.14. The molecule has 2 nitrogen and oxygen atoms in total. The molecule has 2 N–H and O–H groups in total. The zero-order valence-electron chi connectivity index (χ0n) is 6.88. The van der Waals surface area contributed by atoms with Crippen molar-refractivity contribution in [1.82, 2.24) is 0 Å². The lowest BCUT2D eigenvalue weighted by Crippen LogP contribution is -2.06. The molecule has 0 aliphatic rings. The van der Waals surface area contributed by atoms with Crippen LogP contribution in [0.2, 0.25) is 0 Å². The summed E-state index contributed by atoms with van der Waals surface area (Å²) in [6.45, 7) is 2.62. The normalized spacial score (nSPS) is 12.0. The fourth-order valence-corrected chi connectivity index (χ4v) is 2.57. The van der Waals surface area contributed by atoms with Gasteiger partial charge in [-0.1, -0.05) is 0 Å². The second-order valence-corrected chi connectivity index (χ2v) is 5.54. The molecule has 4 heteroatoms. The molecule has 0 fully saturated rings. The van der Waals surface area contributed by atoms with Crippen LogP contribution in [0.4, 0.5) is 0 Å². The van der Waals surface area contributed by atoms with Gasteiger partial charge in [-0.2, -0.15) is 0 Å². The van der Waals surface area contributed by atoms with Crippen molar-refractivity contribution >= 4 is 39.8 Å². The Morgan fingerprint density at radius 1 is 1.67 bits per heavy atom. The molecule has 0 aliphatic carbocycles. The molecule has 1 aromatic rings. The summed E-state index contributed by atoms with van der Waals surface area (Å²) in [5, 5.41) is 0.